The molecule has 0 unspecified atom stereocenters. The lowest BCUT2D eigenvalue weighted by atomic mass is 9.96. The van der Waals surface area contributed by atoms with Gasteiger partial charge in [0.1, 0.15) is 12.4 Å². The van der Waals surface area contributed by atoms with E-state index in [2.05, 4.69) is 5.32 Å². The topological polar surface area (TPSA) is 84.9 Å². The number of ketones is 1. The predicted octanol–water partition coefficient (Wildman–Crippen LogP) is 3.24. The van der Waals surface area contributed by atoms with E-state index in [0.29, 0.717) is 35.7 Å². The summed E-state index contributed by atoms with van der Waals surface area (Å²) in [6, 6.07) is 7.94. The van der Waals surface area contributed by atoms with Gasteiger partial charge >= 0.3 is 0 Å². The number of carbonyl (C=O) groups is 3. The first kappa shape index (κ1) is 24.4. The van der Waals surface area contributed by atoms with E-state index in [4.69, 9.17) is 21.1 Å². The summed E-state index contributed by atoms with van der Waals surface area (Å²) in [7, 11) is 1.45. The number of benzene rings is 2. The Labute approximate surface area is 194 Å². The lowest BCUT2D eigenvalue weighted by Gasteiger charge is -2.32. The average Bonchev–Trinajstić information content (AvgIpc) is 2.81. The molecule has 176 valence electrons. The van der Waals surface area contributed by atoms with E-state index in [1.807, 2.05) is 0 Å². The highest BCUT2D eigenvalue weighted by atomic mass is 35.5. The molecule has 7 nitrogen and oxygen atoms in total. The largest absolute Gasteiger partial charge is 0.496 e. The maximum Gasteiger partial charge on any atom is 0.257 e. The standard InChI is InChI=1S/C23H23ClF2N2O5/c1-32-20-8-7-15(24)10-17(20)23(31)28-9-3-4-14(12-28)22(30)27-11-16(29)13-33-21-18(25)5-2-6-19(21)26/h2,5-8,10,14H,3-4,9,11-13H2,1H3,(H,27,30)/t14-/m1/s1. The number of nitrogens with one attached hydrogen (secondary N) is 1. The minimum atomic E-state index is -0.921. The van der Waals surface area contributed by atoms with E-state index in [9.17, 15) is 23.2 Å². The van der Waals surface area contributed by atoms with Gasteiger partial charge in [0.05, 0.1) is 25.1 Å². The third-order valence-electron chi connectivity index (χ3n) is 5.23. The number of nitrogens with zero attached hydrogens (tertiary/aromatic N) is 1. The number of rotatable bonds is 8. The Morgan fingerprint density at radius 2 is 1.91 bits per heavy atom. The fourth-order valence-electron chi connectivity index (χ4n) is 3.55. The first-order chi connectivity index (χ1) is 15.8. The molecule has 1 aliphatic rings. The van der Waals surface area contributed by atoms with Gasteiger partial charge in [0.15, 0.2) is 23.2 Å². The van der Waals surface area contributed by atoms with Crippen molar-refractivity contribution in [2.24, 2.45) is 5.92 Å². The van der Waals surface area contributed by atoms with Gasteiger partial charge in [-0.1, -0.05) is 17.7 Å². The van der Waals surface area contributed by atoms with Crippen molar-refractivity contribution in [1.82, 2.24) is 10.2 Å². The van der Waals surface area contributed by atoms with Gasteiger partial charge in [-0.3, -0.25) is 14.4 Å². The molecule has 0 spiro atoms. The monoisotopic (exact) mass is 480 g/mol. The number of methoxy groups -OCH3 is 1. The Hall–Kier alpha value is -3.20. The van der Waals surface area contributed by atoms with Crippen molar-refractivity contribution in [3.8, 4) is 11.5 Å². The Morgan fingerprint density at radius 1 is 1.18 bits per heavy atom. The number of likely N-dealkylation sites (tertiary alicyclic amines) is 1. The molecule has 0 aliphatic carbocycles. The van der Waals surface area contributed by atoms with Gasteiger partial charge in [-0.05, 0) is 43.2 Å². The molecule has 2 aromatic rings. The van der Waals surface area contributed by atoms with Crippen LogP contribution >= 0.6 is 11.6 Å². The Kier molecular flexibility index (Phi) is 8.21. The van der Waals surface area contributed by atoms with Crippen molar-refractivity contribution in [2.45, 2.75) is 12.8 Å². The van der Waals surface area contributed by atoms with Crippen LogP contribution < -0.4 is 14.8 Å². The fourth-order valence-corrected chi connectivity index (χ4v) is 3.72. The highest BCUT2D eigenvalue weighted by molar-refractivity contribution is 6.31. The van der Waals surface area contributed by atoms with Crippen molar-refractivity contribution < 1.29 is 32.6 Å². The number of hydrogen-bond donors (Lipinski definition) is 1. The lowest BCUT2D eigenvalue weighted by molar-refractivity contribution is -0.129. The molecule has 33 heavy (non-hydrogen) atoms. The Balaban J connectivity index is 1.53. The lowest BCUT2D eigenvalue weighted by Crippen LogP contribution is -2.46. The van der Waals surface area contributed by atoms with Crippen LogP contribution in [0.5, 0.6) is 11.5 Å². The van der Waals surface area contributed by atoms with Crippen molar-refractivity contribution in [3.63, 3.8) is 0 Å². The number of halogens is 3. The molecule has 1 atom stereocenters. The maximum absolute atomic E-state index is 13.6. The molecule has 0 saturated carbocycles. The minimum Gasteiger partial charge on any atom is -0.496 e. The summed E-state index contributed by atoms with van der Waals surface area (Å²) in [5, 5.41) is 2.90. The van der Waals surface area contributed by atoms with Crippen molar-refractivity contribution in [3.05, 3.63) is 58.6 Å². The second-order valence-corrected chi connectivity index (χ2v) is 7.97. The van der Waals surface area contributed by atoms with E-state index in [1.54, 1.807) is 17.0 Å². The van der Waals surface area contributed by atoms with Crippen molar-refractivity contribution in [2.75, 3.05) is 33.4 Å². The van der Waals surface area contributed by atoms with Crippen LogP contribution in [0.4, 0.5) is 8.78 Å². The van der Waals surface area contributed by atoms with E-state index < -0.39 is 41.6 Å². The maximum atomic E-state index is 13.6. The average molecular weight is 481 g/mol. The van der Waals surface area contributed by atoms with Gasteiger partial charge in [-0.15, -0.1) is 0 Å². The first-order valence-corrected chi connectivity index (χ1v) is 10.7. The number of hydrogen-bond acceptors (Lipinski definition) is 5. The summed E-state index contributed by atoms with van der Waals surface area (Å²) < 4.78 is 37.3. The van der Waals surface area contributed by atoms with Crippen LogP contribution in [0, 0.1) is 17.6 Å². The smallest absolute Gasteiger partial charge is 0.257 e. The Bertz CT molecular complexity index is 1030. The molecule has 1 heterocycles. The molecule has 0 aromatic heterocycles. The van der Waals surface area contributed by atoms with Crippen LogP contribution in [-0.4, -0.2) is 55.8 Å². The molecular formula is C23H23ClF2N2O5. The van der Waals surface area contributed by atoms with Crippen LogP contribution in [0.1, 0.15) is 23.2 Å². The van der Waals surface area contributed by atoms with Gasteiger partial charge in [-0.25, -0.2) is 8.78 Å². The molecule has 2 aromatic carbocycles. The summed E-state index contributed by atoms with van der Waals surface area (Å²) in [4.78, 5) is 39.1. The second kappa shape index (κ2) is 11.1. The van der Waals surface area contributed by atoms with Crippen LogP contribution in [0.3, 0.4) is 0 Å². The molecule has 1 fully saturated rings. The highest BCUT2D eigenvalue weighted by Gasteiger charge is 2.30. The van der Waals surface area contributed by atoms with E-state index in [1.165, 1.54) is 19.2 Å². The van der Waals surface area contributed by atoms with Gasteiger partial charge in [-0.2, -0.15) is 0 Å². The highest BCUT2D eigenvalue weighted by Crippen LogP contribution is 2.26. The van der Waals surface area contributed by atoms with Crippen molar-refractivity contribution >= 4 is 29.2 Å². The molecule has 1 aliphatic heterocycles. The number of ether oxygens (including phenoxy) is 2. The summed E-state index contributed by atoms with van der Waals surface area (Å²) in [5.74, 6) is -3.86. The fraction of sp³-hybridized carbons (Fsp3) is 0.348. The number of amides is 2. The molecule has 2 amide bonds. The summed E-state index contributed by atoms with van der Waals surface area (Å²) in [6.07, 6.45) is 1.16. The molecular weight excluding hydrogens is 458 g/mol. The van der Waals surface area contributed by atoms with E-state index in [0.717, 1.165) is 12.1 Å². The summed E-state index contributed by atoms with van der Waals surface area (Å²) >= 11 is 6.01. The quantitative estimate of drug-likeness (QED) is 0.627. The molecule has 0 bridgehead atoms. The summed E-state index contributed by atoms with van der Waals surface area (Å²) in [5.41, 5.74) is 0.304. The number of carbonyl (C=O) groups excluding carboxylic acids is 3. The normalized spacial score (nSPS) is 15.6. The first-order valence-electron chi connectivity index (χ1n) is 10.3. The van der Waals surface area contributed by atoms with Gasteiger partial charge in [0.2, 0.25) is 5.91 Å². The van der Waals surface area contributed by atoms with Crippen molar-refractivity contribution in [1.29, 1.82) is 0 Å². The molecule has 10 heteroatoms. The van der Waals surface area contributed by atoms with Crippen LogP contribution in [0.2, 0.25) is 5.02 Å². The second-order valence-electron chi connectivity index (χ2n) is 7.53. The molecule has 0 radical (unpaired) electrons. The van der Waals surface area contributed by atoms with Gasteiger partial charge in [0.25, 0.3) is 5.91 Å². The molecule has 3 rings (SSSR count). The zero-order valence-corrected chi connectivity index (χ0v) is 18.7. The molecule has 1 saturated heterocycles. The number of piperidine rings is 1. The van der Waals surface area contributed by atoms with Crippen LogP contribution in [0.25, 0.3) is 0 Å². The van der Waals surface area contributed by atoms with Crippen LogP contribution in [-0.2, 0) is 9.59 Å². The van der Waals surface area contributed by atoms with Gasteiger partial charge in [0, 0.05) is 18.1 Å². The zero-order chi connectivity index (χ0) is 24.0. The molecule has 1 N–H and O–H groups in total. The zero-order valence-electron chi connectivity index (χ0n) is 17.9. The summed E-state index contributed by atoms with van der Waals surface area (Å²) in [6.45, 7) is -0.311. The van der Waals surface area contributed by atoms with Gasteiger partial charge < -0.3 is 19.7 Å². The predicted molar refractivity (Wildman–Crippen MR) is 117 cm³/mol. The van der Waals surface area contributed by atoms with Crippen LogP contribution in [0.15, 0.2) is 36.4 Å². The number of para-hydroxylation sites is 1. The Morgan fingerprint density at radius 3 is 2.61 bits per heavy atom. The van der Waals surface area contributed by atoms with E-state index >= 15 is 0 Å². The minimum absolute atomic E-state index is 0.172. The van der Waals surface area contributed by atoms with E-state index in [-0.39, 0.29) is 19.0 Å². The third kappa shape index (κ3) is 6.19. The third-order valence-corrected chi connectivity index (χ3v) is 5.46. The number of Topliss-reactive ketones (excluding diaryl/α,β-unsaturated/α-hetero) is 1. The SMILES string of the molecule is COc1ccc(Cl)cc1C(=O)N1CCC[C@@H](C(=O)NCC(=O)COc2c(F)cccc2F)C1.